The Labute approximate surface area is 89.7 Å². The van der Waals surface area contributed by atoms with E-state index in [-0.39, 0.29) is 5.91 Å². The van der Waals surface area contributed by atoms with E-state index in [2.05, 4.69) is 12.2 Å². The van der Waals surface area contributed by atoms with Gasteiger partial charge in [0.2, 0.25) is 5.91 Å². The molecule has 0 fully saturated rings. The Morgan fingerprint density at radius 3 is 3.07 bits per heavy atom. The third-order valence-electron chi connectivity index (χ3n) is 2.92. The second-order valence-electron chi connectivity index (χ2n) is 4.00. The standard InChI is InChI=1S/C12H16N2O/c1-2-3-11-10-5-4-8(12(13)15)6-9(10)7-14-11/h4-6,11,14H,2-3,7H2,1H3,(H2,13,15). The zero-order valence-corrected chi connectivity index (χ0v) is 8.92. The van der Waals surface area contributed by atoms with Crippen molar-refractivity contribution in [1.82, 2.24) is 5.32 Å². The maximum atomic E-state index is 11.0. The van der Waals surface area contributed by atoms with Crippen molar-refractivity contribution < 1.29 is 4.79 Å². The number of hydrogen-bond donors (Lipinski definition) is 2. The van der Waals surface area contributed by atoms with Crippen molar-refractivity contribution in [1.29, 1.82) is 0 Å². The van der Waals surface area contributed by atoms with Crippen LogP contribution in [0.2, 0.25) is 0 Å². The molecule has 1 aliphatic heterocycles. The fourth-order valence-corrected chi connectivity index (χ4v) is 2.14. The molecule has 3 nitrogen and oxygen atoms in total. The predicted octanol–water partition coefficient (Wildman–Crippen LogP) is 1.73. The Morgan fingerprint density at radius 1 is 1.60 bits per heavy atom. The van der Waals surface area contributed by atoms with Gasteiger partial charge in [0.05, 0.1) is 0 Å². The third kappa shape index (κ3) is 1.88. The SMILES string of the molecule is CCCC1NCc2cc(C(N)=O)ccc21. The summed E-state index contributed by atoms with van der Waals surface area (Å²) in [5.41, 5.74) is 8.38. The summed E-state index contributed by atoms with van der Waals surface area (Å²) in [4.78, 5) is 11.0. The van der Waals surface area contributed by atoms with Crippen LogP contribution in [0.4, 0.5) is 0 Å². The van der Waals surface area contributed by atoms with Gasteiger partial charge in [0.15, 0.2) is 0 Å². The summed E-state index contributed by atoms with van der Waals surface area (Å²) in [6, 6.07) is 6.19. The number of hydrogen-bond acceptors (Lipinski definition) is 2. The molecule has 1 amide bonds. The lowest BCUT2D eigenvalue weighted by atomic mass is 9.99. The molecule has 1 atom stereocenters. The highest BCUT2D eigenvalue weighted by Crippen LogP contribution is 2.29. The van der Waals surface area contributed by atoms with Gasteiger partial charge in [0, 0.05) is 18.2 Å². The van der Waals surface area contributed by atoms with Gasteiger partial charge in [-0.05, 0) is 29.7 Å². The lowest BCUT2D eigenvalue weighted by Crippen LogP contribution is -2.11. The van der Waals surface area contributed by atoms with Crippen molar-refractivity contribution in [3.8, 4) is 0 Å². The van der Waals surface area contributed by atoms with Crippen LogP contribution < -0.4 is 11.1 Å². The number of amides is 1. The van der Waals surface area contributed by atoms with Gasteiger partial charge in [-0.1, -0.05) is 19.4 Å². The maximum absolute atomic E-state index is 11.0. The van der Waals surface area contributed by atoms with Crippen LogP contribution in [0.15, 0.2) is 18.2 Å². The van der Waals surface area contributed by atoms with Gasteiger partial charge < -0.3 is 11.1 Å². The first-order chi connectivity index (χ1) is 7.22. The molecule has 1 aromatic carbocycles. The van der Waals surface area contributed by atoms with Gasteiger partial charge in [-0.2, -0.15) is 0 Å². The van der Waals surface area contributed by atoms with E-state index in [4.69, 9.17) is 5.73 Å². The molecule has 0 saturated heterocycles. The highest BCUT2D eigenvalue weighted by molar-refractivity contribution is 5.93. The summed E-state index contributed by atoms with van der Waals surface area (Å²) in [5, 5.41) is 3.44. The van der Waals surface area contributed by atoms with E-state index in [0.29, 0.717) is 11.6 Å². The molecule has 2 rings (SSSR count). The van der Waals surface area contributed by atoms with Gasteiger partial charge in [-0.3, -0.25) is 4.79 Å². The number of rotatable bonds is 3. The van der Waals surface area contributed by atoms with E-state index in [9.17, 15) is 4.79 Å². The number of nitrogens with two attached hydrogens (primary N) is 1. The van der Waals surface area contributed by atoms with Crippen LogP contribution in [0.3, 0.4) is 0 Å². The molecule has 0 bridgehead atoms. The van der Waals surface area contributed by atoms with Gasteiger partial charge in [0.1, 0.15) is 0 Å². The Kier molecular flexibility index (Phi) is 2.73. The second kappa shape index (κ2) is 4.03. The molecule has 80 valence electrons. The molecule has 3 heteroatoms. The molecular weight excluding hydrogens is 188 g/mol. The Morgan fingerprint density at radius 2 is 2.40 bits per heavy atom. The summed E-state index contributed by atoms with van der Waals surface area (Å²) in [7, 11) is 0. The van der Waals surface area contributed by atoms with Crippen LogP contribution in [0, 0.1) is 0 Å². The zero-order chi connectivity index (χ0) is 10.8. The molecular formula is C12H16N2O. The minimum Gasteiger partial charge on any atom is -0.366 e. The smallest absolute Gasteiger partial charge is 0.248 e. The van der Waals surface area contributed by atoms with Crippen molar-refractivity contribution in [2.75, 3.05) is 0 Å². The van der Waals surface area contributed by atoms with Crippen LogP contribution in [-0.4, -0.2) is 5.91 Å². The third-order valence-corrected chi connectivity index (χ3v) is 2.92. The lowest BCUT2D eigenvalue weighted by molar-refractivity contribution is 0.1000. The molecule has 3 N–H and O–H groups in total. The maximum Gasteiger partial charge on any atom is 0.248 e. The van der Waals surface area contributed by atoms with Crippen molar-refractivity contribution >= 4 is 5.91 Å². The van der Waals surface area contributed by atoms with Gasteiger partial charge >= 0.3 is 0 Å². The highest BCUT2D eigenvalue weighted by atomic mass is 16.1. The summed E-state index contributed by atoms with van der Waals surface area (Å²) in [5.74, 6) is -0.350. The van der Waals surface area contributed by atoms with E-state index in [1.165, 1.54) is 11.1 Å². The molecule has 0 saturated carbocycles. The van der Waals surface area contributed by atoms with Gasteiger partial charge in [0.25, 0.3) is 0 Å². The fourth-order valence-electron chi connectivity index (χ4n) is 2.14. The van der Waals surface area contributed by atoms with Gasteiger partial charge in [-0.25, -0.2) is 0 Å². The van der Waals surface area contributed by atoms with Crippen molar-refractivity contribution in [3.05, 3.63) is 34.9 Å². The number of carbonyl (C=O) groups is 1. The number of fused-ring (bicyclic) bond motifs is 1. The van der Waals surface area contributed by atoms with Crippen LogP contribution in [0.1, 0.15) is 47.3 Å². The molecule has 0 spiro atoms. The van der Waals surface area contributed by atoms with Crippen molar-refractivity contribution in [2.24, 2.45) is 5.73 Å². The summed E-state index contributed by atoms with van der Waals surface area (Å²) < 4.78 is 0. The monoisotopic (exact) mass is 204 g/mol. The van der Waals surface area contributed by atoms with Crippen LogP contribution in [-0.2, 0) is 6.54 Å². The minimum absolute atomic E-state index is 0.350. The van der Waals surface area contributed by atoms with Crippen molar-refractivity contribution in [3.63, 3.8) is 0 Å². The van der Waals surface area contributed by atoms with Crippen LogP contribution in [0.25, 0.3) is 0 Å². The van der Waals surface area contributed by atoms with Gasteiger partial charge in [-0.15, -0.1) is 0 Å². The van der Waals surface area contributed by atoms with E-state index in [1.54, 1.807) is 0 Å². The summed E-state index contributed by atoms with van der Waals surface area (Å²) in [6.07, 6.45) is 2.30. The predicted molar refractivity (Wildman–Crippen MR) is 59.4 cm³/mol. The first-order valence-corrected chi connectivity index (χ1v) is 5.38. The molecule has 0 aromatic heterocycles. The van der Waals surface area contributed by atoms with E-state index < -0.39 is 0 Å². The average molecular weight is 204 g/mol. The quantitative estimate of drug-likeness (QED) is 0.787. The molecule has 1 aliphatic rings. The summed E-state index contributed by atoms with van der Waals surface area (Å²) in [6.45, 7) is 3.03. The van der Waals surface area contributed by atoms with E-state index >= 15 is 0 Å². The Balaban J connectivity index is 2.29. The van der Waals surface area contributed by atoms with E-state index in [1.807, 2.05) is 18.2 Å². The van der Waals surface area contributed by atoms with Crippen molar-refractivity contribution in [2.45, 2.75) is 32.4 Å². The average Bonchev–Trinajstić information content (AvgIpc) is 2.61. The molecule has 0 radical (unpaired) electrons. The number of carbonyl (C=O) groups excluding carboxylic acids is 1. The minimum atomic E-state index is -0.350. The molecule has 0 aliphatic carbocycles. The molecule has 1 unspecified atom stereocenters. The lowest BCUT2D eigenvalue weighted by Gasteiger charge is -2.10. The molecule has 1 heterocycles. The topological polar surface area (TPSA) is 55.1 Å². The zero-order valence-electron chi connectivity index (χ0n) is 8.92. The summed E-state index contributed by atoms with van der Waals surface area (Å²) >= 11 is 0. The molecule has 15 heavy (non-hydrogen) atoms. The first-order valence-electron chi connectivity index (χ1n) is 5.38. The highest BCUT2D eigenvalue weighted by Gasteiger charge is 2.21. The molecule has 1 aromatic rings. The van der Waals surface area contributed by atoms with E-state index in [0.717, 1.165) is 19.4 Å². The van der Waals surface area contributed by atoms with Crippen LogP contribution >= 0.6 is 0 Å². The number of primary amides is 1. The number of benzene rings is 1. The normalized spacial score (nSPS) is 18.9. The Hall–Kier alpha value is -1.35. The number of nitrogens with one attached hydrogen (secondary N) is 1. The Bertz CT molecular complexity index is 387. The van der Waals surface area contributed by atoms with Crippen LogP contribution in [0.5, 0.6) is 0 Å². The first kappa shape index (κ1) is 10.2. The second-order valence-corrected chi connectivity index (χ2v) is 4.00. The fraction of sp³-hybridized carbons (Fsp3) is 0.417. The largest absolute Gasteiger partial charge is 0.366 e.